The third kappa shape index (κ3) is 3.72. The van der Waals surface area contributed by atoms with Gasteiger partial charge in [-0.05, 0) is 26.2 Å². The van der Waals surface area contributed by atoms with E-state index in [1.165, 1.54) is 0 Å². The van der Waals surface area contributed by atoms with Crippen molar-refractivity contribution in [2.75, 3.05) is 18.0 Å². The summed E-state index contributed by atoms with van der Waals surface area (Å²) in [6, 6.07) is 2.27. The molecule has 24 heavy (non-hydrogen) atoms. The number of hydrogen-bond donors (Lipinski definition) is 1. The van der Waals surface area contributed by atoms with Crippen molar-refractivity contribution in [1.82, 2.24) is 25.1 Å². The number of aryl methyl sites for hydroxylation is 3. The summed E-state index contributed by atoms with van der Waals surface area (Å²) in [6.07, 6.45) is 6.07. The van der Waals surface area contributed by atoms with Crippen LogP contribution >= 0.6 is 0 Å². The molecule has 0 aliphatic carbocycles. The molecule has 0 aromatic carbocycles. The molecular weight excluding hydrogens is 304 g/mol. The summed E-state index contributed by atoms with van der Waals surface area (Å²) in [7, 11) is 1.81. The summed E-state index contributed by atoms with van der Waals surface area (Å²) < 4.78 is 1.64. The first kappa shape index (κ1) is 16.4. The first-order chi connectivity index (χ1) is 11.5. The summed E-state index contributed by atoms with van der Waals surface area (Å²) in [5.41, 5.74) is 1.68. The van der Waals surface area contributed by atoms with Gasteiger partial charge in [-0.2, -0.15) is 5.10 Å². The van der Waals surface area contributed by atoms with Crippen molar-refractivity contribution in [2.45, 2.75) is 39.2 Å². The normalized spacial score (nSPS) is 15.5. The summed E-state index contributed by atoms with van der Waals surface area (Å²) in [4.78, 5) is 23.5. The lowest BCUT2D eigenvalue weighted by molar-refractivity contribution is 0.0931. The van der Waals surface area contributed by atoms with Gasteiger partial charge in [-0.3, -0.25) is 9.48 Å². The van der Waals surface area contributed by atoms with E-state index in [0.717, 1.165) is 49.7 Å². The quantitative estimate of drug-likeness (QED) is 0.920. The molecule has 1 aliphatic rings. The second-order valence-electron chi connectivity index (χ2n) is 6.26. The van der Waals surface area contributed by atoms with E-state index in [1.54, 1.807) is 17.1 Å². The van der Waals surface area contributed by atoms with Crippen LogP contribution in [0.15, 0.2) is 18.5 Å². The van der Waals surface area contributed by atoms with Gasteiger partial charge in [0.25, 0.3) is 5.91 Å². The molecule has 0 spiro atoms. The molecule has 1 N–H and O–H groups in total. The predicted molar refractivity (Wildman–Crippen MR) is 92.1 cm³/mol. The van der Waals surface area contributed by atoms with Crippen molar-refractivity contribution >= 4 is 11.7 Å². The minimum Gasteiger partial charge on any atom is -0.356 e. The number of amides is 1. The van der Waals surface area contributed by atoms with Crippen LogP contribution in [0.25, 0.3) is 0 Å². The molecule has 1 fully saturated rings. The second-order valence-corrected chi connectivity index (χ2v) is 6.26. The van der Waals surface area contributed by atoms with E-state index >= 15 is 0 Å². The highest BCUT2D eigenvalue weighted by molar-refractivity contribution is 5.93. The Balaban J connectivity index is 1.58. The second kappa shape index (κ2) is 6.98. The molecule has 0 atom stereocenters. The van der Waals surface area contributed by atoms with Crippen molar-refractivity contribution < 1.29 is 4.79 Å². The molecule has 0 saturated carbocycles. The zero-order valence-corrected chi connectivity index (χ0v) is 14.5. The van der Waals surface area contributed by atoms with E-state index in [0.29, 0.717) is 5.56 Å². The van der Waals surface area contributed by atoms with Crippen LogP contribution in [-0.2, 0) is 13.5 Å². The van der Waals surface area contributed by atoms with Gasteiger partial charge in [-0.15, -0.1) is 0 Å². The SMILES string of the molecule is CCc1cc(N2CCC(NC(=O)c3cnn(C)c3)CC2)nc(C)n1. The monoisotopic (exact) mass is 328 g/mol. The molecule has 1 amide bonds. The number of rotatable bonds is 4. The van der Waals surface area contributed by atoms with Crippen LogP contribution < -0.4 is 10.2 Å². The van der Waals surface area contributed by atoms with Crippen LogP contribution in [-0.4, -0.2) is 44.8 Å². The highest BCUT2D eigenvalue weighted by Crippen LogP contribution is 2.19. The molecular formula is C17H24N6O. The number of aromatic nitrogens is 4. The summed E-state index contributed by atoms with van der Waals surface area (Å²) in [6.45, 7) is 5.81. The minimum atomic E-state index is -0.0484. The van der Waals surface area contributed by atoms with Gasteiger partial charge in [-0.25, -0.2) is 9.97 Å². The van der Waals surface area contributed by atoms with Gasteiger partial charge in [0.1, 0.15) is 11.6 Å². The highest BCUT2D eigenvalue weighted by atomic mass is 16.1. The molecule has 3 heterocycles. The Hall–Kier alpha value is -2.44. The summed E-state index contributed by atoms with van der Waals surface area (Å²) in [5, 5.41) is 7.14. The van der Waals surface area contributed by atoms with Crippen LogP contribution in [0, 0.1) is 6.92 Å². The fourth-order valence-corrected chi connectivity index (χ4v) is 3.02. The van der Waals surface area contributed by atoms with Crippen LogP contribution in [0.2, 0.25) is 0 Å². The van der Waals surface area contributed by atoms with Crippen LogP contribution in [0.1, 0.15) is 41.6 Å². The molecule has 0 bridgehead atoms. The lowest BCUT2D eigenvalue weighted by Crippen LogP contribution is -2.45. The maximum atomic E-state index is 12.2. The largest absolute Gasteiger partial charge is 0.356 e. The first-order valence-electron chi connectivity index (χ1n) is 8.44. The Morgan fingerprint density at radius 1 is 1.33 bits per heavy atom. The number of carbonyl (C=O) groups excluding carboxylic acids is 1. The predicted octanol–water partition coefficient (Wildman–Crippen LogP) is 1.48. The highest BCUT2D eigenvalue weighted by Gasteiger charge is 2.22. The fourth-order valence-electron chi connectivity index (χ4n) is 3.02. The topological polar surface area (TPSA) is 75.9 Å². The zero-order valence-electron chi connectivity index (χ0n) is 14.5. The summed E-state index contributed by atoms with van der Waals surface area (Å²) >= 11 is 0. The lowest BCUT2D eigenvalue weighted by atomic mass is 10.0. The van der Waals surface area contributed by atoms with Gasteiger partial charge in [0, 0.05) is 44.1 Å². The van der Waals surface area contributed by atoms with E-state index in [-0.39, 0.29) is 11.9 Å². The molecule has 7 heteroatoms. The minimum absolute atomic E-state index is 0.0484. The van der Waals surface area contributed by atoms with E-state index in [9.17, 15) is 4.79 Å². The molecule has 1 saturated heterocycles. The molecule has 128 valence electrons. The van der Waals surface area contributed by atoms with Gasteiger partial charge in [0.2, 0.25) is 0 Å². The average molecular weight is 328 g/mol. The van der Waals surface area contributed by atoms with Gasteiger partial charge in [0.15, 0.2) is 0 Å². The number of nitrogens with one attached hydrogen (secondary N) is 1. The van der Waals surface area contributed by atoms with E-state index in [2.05, 4.69) is 38.3 Å². The Morgan fingerprint density at radius 2 is 2.08 bits per heavy atom. The van der Waals surface area contributed by atoms with E-state index in [4.69, 9.17) is 0 Å². The van der Waals surface area contributed by atoms with Gasteiger partial charge >= 0.3 is 0 Å². The molecule has 3 rings (SSSR count). The maximum Gasteiger partial charge on any atom is 0.254 e. The summed E-state index contributed by atoms with van der Waals surface area (Å²) in [5.74, 6) is 1.76. The Morgan fingerprint density at radius 3 is 2.71 bits per heavy atom. The maximum absolute atomic E-state index is 12.2. The standard InChI is InChI=1S/C17H24N6O/c1-4-14-9-16(20-12(2)19-14)23-7-5-15(6-8-23)21-17(24)13-10-18-22(3)11-13/h9-11,15H,4-8H2,1-3H3,(H,21,24). The van der Waals surface area contributed by atoms with Crippen LogP contribution in [0.3, 0.4) is 0 Å². The van der Waals surface area contributed by atoms with Gasteiger partial charge in [-0.1, -0.05) is 6.92 Å². The number of piperidine rings is 1. The average Bonchev–Trinajstić information content (AvgIpc) is 3.01. The molecule has 1 aliphatic heterocycles. The van der Waals surface area contributed by atoms with Crippen LogP contribution in [0.5, 0.6) is 0 Å². The molecule has 0 unspecified atom stereocenters. The van der Waals surface area contributed by atoms with Gasteiger partial charge in [0.05, 0.1) is 11.8 Å². The number of carbonyl (C=O) groups is 1. The Labute approximate surface area is 142 Å². The van der Waals surface area contributed by atoms with Crippen molar-refractivity contribution in [3.63, 3.8) is 0 Å². The van der Waals surface area contributed by atoms with Crippen LogP contribution in [0.4, 0.5) is 5.82 Å². The zero-order chi connectivity index (χ0) is 17.1. The van der Waals surface area contributed by atoms with E-state index < -0.39 is 0 Å². The van der Waals surface area contributed by atoms with Gasteiger partial charge < -0.3 is 10.2 Å². The lowest BCUT2D eigenvalue weighted by Gasteiger charge is -2.33. The Bertz CT molecular complexity index is 718. The van der Waals surface area contributed by atoms with Crippen molar-refractivity contribution in [1.29, 1.82) is 0 Å². The fraction of sp³-hybridized carbons (Fsp3) is 0.529. The van der Waals surface area contributed by atoms with Crippen molar-refractivity contribution in [3.8, 4) is 0 Å². The van der Waals surface area contributed by atoms with Crippen molar-refractivity contribution in [2.24, 2.45) is 7.05 Å². The number of nitrogens with zero attached hydrogens (tertiary/aromatic N) is 5. The Kier molecular flexibility index (Phi) is 4.78. The molecule has 2 aromatic rings. The number of anilines is 1. The third-order valence-electron chi connectivity index (χ3n) is 4.36. The smallest absolute Gasteiger partial charge is 0.254 e. The van der Waals surface area contributed by atoms with Crippen molar-refractivity contribution in [3.05, 3.63) is 35.5 Å². The molecule has 0 radical (unpaired) electrons. The first-order valence-corrected chi connectivity index (χ1v) is 8.44. The third-order valence-corrected chi connectivity index (χ3v) is 4.36. The molecule has 2 aromatic heterocycles. The van der Waals surface area contributed by atoms with E-state index in [1.807, 2.05) is 14.0 Å². The number of hydrogen-bond acceptors (Lipinski definition) is 5. The molecule has 7 nitrogen and oxygen atoms in total.